The zero-order valence-electron chi connectivity index (χ0n) is 16.1. The van der Waals surface area contributed by atoms with E-state index in [-0.39, 0.29) is 5.69 Å². The third-order valence-corrected chi connectivity index (χ3v) is 5.62. The maximum atomic E-state index is 11.5. The normalized spacial score (nSPS) is 10.9. The number of nitrogens with one attached hydrogen (secondary N) is 3. The molecule has 0 aliphatic rings. The summed E-state index contributed by atoms with van der Waals surface area (Å²) in [5, 5.41) is 4.04. The molecule has 0 bridgehead atoms. The van der Waals surface area contributed by atoms with Gasteiger partial charge in [-0.05, 0) is 48.0 Å². The number of aromatic amines is 2. The Labute approximate surface area is 186 Å². The van der Waals surface area contributed by atoms with Crippen molar-refractivity contribution in [3.63, 3.8) is 0 Å². The molecule has 30 heavy (non-hydrogen) atoms. The lowest BCUT2D eigenvalue weighted by molar-refractivity contribution is 0.281. The van der Waals surface area contributed by atoms with Crippen LogP contribution in [0.2, 0.25) is 5.02 Å². The molecule has 1 heterocycles. The average molecular weight is 489 g/mol. The summed E-state index contributed by atoms with van der Waals surface area (Å²) >= 11 is 9.70. The van der Waals surface area contributed by atoms with Crippen LogP contribution in [0.15, 0.2) is 63.9 Å². The van der Waals surface area contributed by atoms with Gasteiger partial charge in [-0.15, -0.1) is 0 Å². The van der Waals surface area contributed by atoms with Crippen molar-refractivity contribution in [2.75, 3.05) is 12.4 Å². The van der Waals surface area contributed by atoms with Crippen LogP contribution in [-0.4, -0.2) is 17.1 Å². The Morgan fingerprint density at radius 3 is 2.70 bits per heavy atom. The van der Waals surface area contributed by atoms with Crippen molar-refractivity contribution in [2.24, 2.45) is 0 Å². The Hall–Kier alpha value is -2.90. The molecule has 0 unspecified atom stereocenters. The zero-order valence-corrected chi connectivity index (χ0v) is 18.4. The Balaban J connectivity index is 1.58. The molecule has 3 aromatic carbocycles. The van der Waals surface area contributed by atoms with Gasteiger partial charge in [0, 0.05) is 27.3 Å². The summed E-state index contributed by atoms with van der Waals surface area (Å²) in [5.74, 6) is 1.29. The molecule has 4 rings (SSSR count). The van der Waals surface area contributed by atoms with Gasteiger partial charge in [0.2, 0.25) is 0 Å². The Morgan fingerprint density at radius 1 is 1.07 bits per heavy atom. The Kier molecular flexibility index (Phi) is 6.01. The van der Waals surface area contributed by atoms with Crippen molar-refractivity contribution in [1.82, 2.24) is 9.97 Å². The number of methoxy groups -OCH3 is 1. The van der Waals surface area contributed by atoms with Crippen molar-refractivity contribution in [1.29, 1.82) is 0 Å². The molecule has 0 spiro atoms. The van der Waals surface area contributed by atoms with Gasteiger partial charge >= 0.3 is 5.69 Å². The van der Waals surface area contributed by atoms with Gasteiger partial charge < -0.3 is 24.8 Å². The fraction of sp³-hybridized carbons (Fsp3) is 0.136. The summed E-state index contributed by atoms with van der Waals surface area (Å²) in [4.78, 5) is 17.0. The third-order valence-electron chi connectivity index (χ3n) is 4.64. The van der Waals surface area contributed by atoms with E-state index in [1.807, 2.05) is 54.6 Å². The van der Waals surface area contributed by atoms with Crippen molar-refractivity contribution in [3.8, 4) is 11.5 Å². The van der Waals surface area contributed by atoms with E-state index in [9.17, 15) is 4.79 Å². The monoisotopic (exact) mass is 487 g/mol. The minimum Gasteiger partial charge on any atom is -0.493 e. The van der Waals surface area contributed by atoms with Gasteiger partial charge in [-0.1, -0.05) is 39.7 Å². The molecule has 0 saturated carbocycles. The highest BCUT2D eigenvalue weighted by Gasteiger charge is 2.15. The van der Waals surface area contributed by atoms with Crippen LogP contribution in [0.5, 0.6) is 11.5 Å². The molecule has 154 valence electrons. The highest BCUT2D eigenvalue weighted by molar-refractivity contribution is 9.10. The quantitative estimate of drug-likeness (QED) is 0.322. The second kappa shape index (κ2) is 8.85. The number of imidazole rings is 1. The van der Waals surface area contributed by atoms with Crippen LogP contribution in [0.4, 0.5) is 5.69 Å². The number of hydrogen-bond acceptors (Lipinski definition) is 4. The Bertz CT molecular complexity index is 1250. The second-order valence-electron chi connectivity index (χ2n) is 6.67. The molecular formula is C22H19BrClN3O3. The minimum absolute atomic E-state index is 0.227. The summed E-state index contributed by atoms with van der Waals surface area (Å²) in [6.07, 6.45) is 0. The van der Waals surface area contributed by atoms with Crippen molar-refractivity contribution >= 4 is 44.3 Å². The number of rotatable bonds is 7. The van der Waals surface area contributed by atoms with E-state index in [4.69, 9.17) is 21.1 Å². The van der Waals surface area contributed by atoms with Gasteiger partial charge in [0.05, 0.1) is 18.1 Å². The van der Waals surface area contributed by atoms with Crippen molar-refractivity contribution < 1.29 is 9.47 Å². The molecule has 0 fully saturated rings. The van der Waals surface area contributed by atoms with Crippen LogP contribution in [-0.2, 0) is 13.2 Å². The molecule has 0 atom stereocenters. The number of H-pyrrole nitrogens is 2. The lowest BCUT2D eigenvalue weighted by atomic mass is 10.1. The first-order chi connectivity index (χ1) is 14.5. The predicted octanol–water partition coefficient (Wildman–Crippen LogP) is 5.47. The van der Waals surface area contributed by atoms with E-state index in [1.165, 1.54) is 0 Å². The molecular weight excluding hydrogens is 470 g/mol. The molecule has 0 saturated heterocycles. The topological polar surface area (TPSA) is 79.1 Å². The van der Waals surface area contributed by atoms with Crippen molar-refractivity contribution in [3.05, 3.63) is 85.7 Å². The van der Waals surface area contributed by atoms with Gasteiger partial charge in [0.1, 0.15) is 6.61 Å². The highest BCUT2D eigenvalue weighted by atomic mass is 79.9. The number of fused-ring (bicyclic) bond motifs is 1. The second-order valence-corrected chi connectivity index (χ2v) is 7.96. The van der Waals surface area contributed by atoms with Gasteiger partial charge in [0.15, 0.2) is 11.5 Å². The predicted molar refractivity (Wildman–Crippen MR) is 123 cm³/mol. The molecule has 0 radical (unpaired) electrons. The lowest BCUT2D eigenvalue weighted by Gasteiger charge is -2.18. The molecule has 4 aromatic rings. The summed E-state index contributed by atoms with van der Waals surface area (Å²) in [6.45, 7) is 0.847. The number of benzene rings is 3. The summed E-state index contributed by atoms with van der Waals surface area (Å²) < 4.78 is 12.6. The van der Waals surface area contributed by atoms with E-state index in [2.05, 4.69) is 31.2 Å². The molecule has 6 nitrogen and oxygen atoms in total. The largest absolute Gasteiger partial charge is 0.493 e. The SMILES string of the molecule is COc1ccc(Br)c(CNc2ccc3[nH]c(=O)[nH]c3c2)c1OCc1cccc(Cl)c1. The first-order valence-electron chi connectivity index (χ1n) is 9.22. The van der Waals surface area contributed by atoms with E-state index >= 15 is 0 Å². The van der Waals surface area contributed by atoms with Crippen LogP contribution >= 0.6 is 27.5 Å². The zero-order chi connectivity index (χ0) is 21.1. The summed E-state index contributed by atoms with van der Waals surface area (Å²) in [5.41, 5.74) is 4.03. The molecule has 3 N–H and O–H groups in total. The first kappa shape index (κ1) is 20.4. The highest BCUT2D eigenvalue weighted by Crippen LogP contribution is 2.37. The molecule has 8 heteroatoms. The average Bonchev–Trinajstić information content (AvgIpc) is 3.11. The minimum atomic E-state index is -0.227. The third kappa shape index (κ3) is 4.47. The lowest BCUT2D eigenvalue weighted by Crippen LogP contribution is -2.06. The summed E-state index contributed by atoms with van der Waals surface area (Å²) in [6, 6.07) is 17.0. The maximum absolute atomic E-state index is 11.5. The van der Waals surface area contributed by atoms with Crippen molar-refractivity contribution in [2.45, 2.75) is 13.2 Å². The van der Waals surface area contributed by atoms with Gasteiger partial charge in [0.25, 0.3) is 0 Å². The standard InChI is InChI=1S/C22H19BrClN3O3/c1-29-20-8-6-17(23)16(21(20)30-12-13-3-2-4-14(24)9-13)11-25-15-5-7-18-19(10-15)27-22(28)26-18/h2-10,25H,11-12H2,1H3,(H2,26,27,28). The number of hydrogen-bond donors (Lipinski definition) is 3. The fourth-order valence-electron chi connectivity index (χ4n) is 3.18. The van der Waals surface area contributed by atoms with Crippen LogP contribution < -0.4 is 20.5 Å². The van der Waals surface area contributed by atoms with Crippen LogP contribution in [0.1, 0.15) is 11.1 Å². The summed E-state index contributed by atoms with van der Waals surface area (Å²) in [7, 11) is 1.61. The van der Waals surface area contributed by atoms with Gasteiger partial charge in [-0.2, -0.15) is 0 Å². The number of ether oxygens (including phenoxy) is 2. The fourth-order valence-corrected chi connectivity index (χ4v) is 3.85. The first-order valence-corrected chi connectivity index (χ1v) is 10.4. The number of aromatic nitrogens is 2. The van der Waals surface area contributed by atoms with E-state index < -0.39 is 0 Å². The van der Waals surface area contributed by atoms with E-state index in [0.717, 1.165) is 32.3 Å². The molecule has 0 amide bonds. The van der Waals surface area contributed by atoms with Crippen LogP contribution in [0, 0.1) is 0 Å². The number of anilines is 1. The molecule has 1 aromatic heterocycles. The van der Waals surface area contributed by atoms with Crippen LogP contribution in [0.25, 0.3) is 11.0 Å². The maximum Gasteiger partial charge on any atom is 0.323 e. The van der Waals surface area contributed by atoms with E-state index in [1.54, 1.807) is 7.11 Å². The van der Waals surface area contributed by atoms with E-state index in [0.29, 0.717) is 29.7 Å². The molecule has 0 aliphatic heterocycles. The van der Waals surface area contributed by atoms with Crippen LogP contribution in [0.3, 0.4) is 0 Å². The Morgan fingerprint density at radius 2 is 1.90 bits per heavy atom. The van der Waals surface area contributed by atoms with Gasteiger partial charge in [-0.25, -0.2) is 4.79 Å². The molecule has 0 aliphatic carbocycles. The smallest absolute Gasteiger partial charge is 0.323 e. The van der Waals surface area contributed by atoms with Gasteiger partial charge in [-0.3, -0.25) is 0 Å². The number of halogens is 2.